The van der Waals surface area contributed by atoms with Crippen LogP contribution < -0.4 is 5.32 Å². The molecule has 1 aliphatic carbocycles. The largest absolute Gasteiger partial charge is 0.393 e. The second-order valence-corrected chi connectivity index (χ2v) is 7.12. The minimum atomic E-state index is -0.135. The average Bonchev–Trinajstić information content (AvgIpc) is 2.98. The molecule has 2 atom stereocenters. The van der Waals surface area contributed by atoms with Crippen molar-refractivity contribution in [3.63, 3.8) is 0 Å². The molecular weight excluding hydrogens is 312 g/mol. The van der Waals surface area contributed by atoms with Crippen molar-refractivity contribution in [2.75, 3.05) is 19.6 Å². The van der Waals surface area contributed by atoms with Crippen molar-refractivity contribution in [2.24, 2.45) is 5.92 Å². The van der Waals surface area contributed by atoms with Crippen LogP contribution in [-0.2, 0) is 0 Å². The lowest BCUT2D eigenvalue weighted by Gasteiger charge is -2.33. The highest BCUT2D eigenvalue weighted by Crippen LogP contribution is 2.25. The maximum Gasteiger partial charge on any atom is 0.255 e. The third-order valence-electron chi connectivity index (χ3n) is 5.17. The molecule has 0 unspecified atom stereocenters. The highest BCUT2D eigenvalue weighted by Gasteiger charge is 2.28. The van der Waals surface area contributed by atoms with Gasteiger partial charge in [0.2, 0.25) is 0 Å². The Labute approximate surface area is 142 Å². The van der Waals surface area contributed by atoms with Crippen molar-refractivity contribution in [3.05, 3.63) is 34.9 Å². The number of benzene rings is 1. The van der Waals surface area contributed by atoms with E-state index >= 15 is 0 Å². The van der Waals surface area contributed by atoms with E-state index in [0.29, 0.717) is 22.5 Å². The molecule has 0 aromatic heterocycles. The fourth-order valence-electron chi connectivity index (χ4n) is 3.67. The number of aliphatic hydroxyl groups excluding tert-OH is 1. The van der Waals surface area contributed by atoms with Crippen LogP contribution in [0.4, 0.5) is 0 Å². The highest BCUT2D eigenvalue weighted by atomic mass is 35.5. The number of nitrogens with zero attached hydrogens (tertiary/aromatic N) is 1. The number of amides is 1. The molecule has 1 aliphatic heterocycles. The van der Waals surface area contributed by atoms with E-state index in [4.69, 9.17) is 11.6 Å². The molecule has 0 radical (unpaired) electrons. The maximum absolute atomic E-state index is 12.5. The van der Waals surface area contributed by atoms with Crippen LogP contribution in [0.2, 0.25) is 5.02 Å². The molecule has 1 aromatic rings. The normalized spacial score (nSPS) is 25.7. The number of hydrogen-bond donors (Lipinski definition) is 2. The number of halogens is 1. The molecule has 1 saturated carbocycles. The van der Waals surface area contributed by atoms with Crippen LogP contribution in [0.25, 0.3) is 0 Å². The summed E-state index contributed by atoms with van der Waals surface area (Å²) in [6, 6.07) is 7.68. The molecule has 5 heteroatoms. The summed E-state index contributed by atoms with van der Waals surface area (Å²) in [5.74, 6) is 0.429. The summed E-state index contributed by atoms with van der Waals surface area (Å²) < 4.78 is 0. The zero-order valence-corrected chi connectivity index (χ0v) is 14.1. The number of carbonyl (C=O) groups is 1. The summed E-state index contributed by atoms with van der Waals surface area (Å²) in [5.41, 5.74) is 0.592. The first-order valence-corrected chi connectivity index (χ1v) is 8.98. The van der Waals surface area contributed by atoms with Gasteiger partial charge in [-0.2, -0.15) is 0 Å². The predicted octanol–water partition coefficient (Wildman–Crippen LogP) is 2.70. The Morgan fingerprint density at radius 1 is 1.22 bits per heavy atom. The Kier molecular flexibility index (Phi) is 5.57. The van der Waals surface area contributed by atoms with Gasteiger partial charge in [-0.15, -0.1) is 0 Å². The van der Waals surface area contributed by atoms with Gasteiger partial charge in [0.05, 0.1) is 16.7 Å². The number of nitrogens with one attached hydrogen (secondary N) is 1. The van der Waals surface area contributed by atoms with E-state index < -0.39 is 0 Å². The van der Waals surface area contributed by atoms with Crippen molar-refractivity contribution in [3.8, 4) is 0 Å². The standard InChI is InChI=1S/C18H25ClN2O2/c19-16-6-2-1-5-15(16)18(23)21-10-8-14(9-11-21)20-12-13-4-3-7-17(13)22/h1-2,5-6,13-14,17,20,22H,3-4,7-12H2/t13-,17-/m1/s1. The molecule has 1 heterocycles. The van der Waals surface area contributed by atoms with Crippen LogP contribution in [0.1, 0.15) is 42.5 Å². The highest BCUT2D eigenvalue weighted by molar-refractivity contribution is 6.33. The number of carbonyl (C=O) groups excluding carboxylic acids is 1. The molecule has 0 spiro atoms. The molecule has 126 valence electrons. The zero-order chi connectivity index (χ0) is 16.2. The minimum absolute atomic E-state index is 0.0280. The van der Waals surface area contributed by atoms with Gasteiger partial charge in [0.15, 0.2) is 0 Å². The first kappa shape index (κ1) is 16.7. The first-order valence-electron chi connectivity index (χ1n) is 8.60. The number of likely N-dealkylation sites (tertiary alicyclic amines) is 1. The summed E-state index contributed by atoms with van der Waals surface area (Å²) in [7, 11) is 0. The van der Waals surface area contributed by atoms with E-state index in [1.807, 2.05) is 17.0 Å². The summed E-state index contributed by atoms with van der Waals surface area (Å²) in [6.07, 6.45) is 4.98. The number of hydrogen-bond acceptors (Lipinski definition) is 3. The van der Waals surface area contributed by atoms with Gasteiger partial charge in [0.1, 0.15) is 0 Å². The summed E-state index contributed by atoms with van der Waals surface area (Å²) in [4.78, 5) is 14.4. The van der Waals surface area contributed by atoms with E-state index in [2.05, 4.69) is 5.32 Å². The molecular formula is C18H25ClN2O2. The van der Waals surface area contributed by atoms with Crippen LogP contribution in [0.5, 0.6) is 0 Å². The first-order chi connectivity index (χ1) is 11.1. The van der Waals surface area contributed by atoms with Gasteiger partial charge in [-0.3, -0.25) is 4.79 Å². The SMILES string of the molecule is O=C(c1ccccc1Cl)N1CCC(NC[C@H]2CCC[C@H]2O)CC1. The summed E-state index contributed by atoms with van der Waals surface area (Å²) >= 11 is 6.12. The third kappa shape index (κ3) is 4.06. The number of piperidine rings is 1. The molecule has 0 bridgehead atoms. The third-order valence-corrected chi connectivity index (χ3v) is 5.50. The van der Waals surface area contributed by atoms with Crippen LogP contribution in [-0.4, -0.2) is 47.7 Å². The van der Waals surface area contributed by atoms with Gasteiger partial charge in [0, 0.05) is 25.7 Å². The fourth-order valence-corrected chi connectivity index (χ4v) is 3.88. The fraction of sp³-hybridized carbons (Fsp3) is 0.611. The summed E-state index contributed by atoms with van der Waals surface area (Å²) in [6.45, 7) is 2.41. The molecule has 1 amide bonds. The van der Waals surface area contributed by atoms with Gasteiger partial charge in [-0.05, 0) is 43.7 Å². The maximum atomic E-state index is 12.5. The van der Waals surface area contributed by atoms with Gasteiger partial charge in [-0.25, -0.2) is 0 Å². The predicted molar refractivity (Wildman–Crippen MR) is 91.7 cm³/mol. The molecule has 2 aliphatic rings. The van der Waals surface area contributed by atoms with Gasteiger partial charge < -0.3 is 15.3 Å². The van der Waals surface area contributed by atoms with Crippen LogP contribution in [0.15, 0.2) is 24.3 Å². The number of aliphatic hydroxyl groups is 1. The van der Waals surface area contributed by atoms with Crippen molar-refractivity contribution >= 4 is 17.5 Å². The second-order valence-electron chi connectivity index (χ2n) is 6.71. The van der Waals surface area contributed by atoms with Gasteiger partial charge >= 0.3 is 0 Å². The lowest BCUT2D eigenvalue weighted by Crippen LogP contribution is -2.46. The Balaban J connectivity index is 1.47. The van der Waals surface area contributed by atoms with Crippen LogP contribution in [0.3, 0.4) is 0 Å². The number of rotatable bonds is 4. The Hall–Kier alpha value is -1.10. The molecule has 2 fully saturated rings. The van der Waals surface area contributed by atoms with Crippen molar-refractivity contribution in [1.29, 1.82) is 0 Å². The van der Waals surface area contributed by atoms with E-state index in [1.54, 1.807) is 12.1 Å². The summed E-state index contributed by atoms with van der Waals surface area (Å²) in [5, 5.41) is 14.0. The van der Waals surface area contributed by atoms with E-state index in [9.17, 15) is 9.90 Å². The smallest absolute Gasteiger partial charge is 0.255 e. The van der Waals surface area contributed by atoms with Crippen molar-refractivity contribution < 1.29 is 9.90 Å². The minimum Gasteiger partial charge on any atom is -0.393 e. The van der Waals surface area contributed by atoms with E-state index in [-0.39, 0.29) is 12.0 Å². The Morgan fingerprint density at radius 3 is 2.61 bits per heavy atom. The van der Waals surface area contributed by atoms with Gasteiger partial charge in [-0.1, -0.05) is 30.2 Å². The monoisotopic (exact) mass is 336 g/mol. The van der Waals surface area contributed by atoms with Crippen LogP contribution in [0, 0.1) is 5.92 Å². The van der Waals surface area contributed by atoms with Gasteiger partial charge in [0.25, 0.3) is 5.91 Å². The molecule has 2 N–H and O–H groups in total. The lowest BCUT2D eigenvalue weighted by molar-refractivity contribution is 0.0700. The Bertz CT molecular complexity index is 544. The molecule has 3 rings (SSSR count). The van der Waals surface area contributed by atoms with Crippen molar-refractivity contribution in [2.45, 2.75) is 44.2 Å². The van der Waals surface area contributed by atoms with E-state index in [1.165, 1.54) is 0 Å². The Morgan fingerprint density at radius 2 is 1.96 bits per heavy atom. The van der Waals surface area contributed by atoms with Crippen molar-refractivity contribution in [1.82, 2.24) is 10.2 Å². The second kappa shape index (κ2) is 7.65. The average molecular weight is 337 g/mol. The lowest BCUT2D eigenvalue weighted by atomic mass is 10.0. The molecule has 1 aromatic carbocycles. The molecule has 4 nitrogen and oxygen atoms in total. The van der Waals surface area contributed by atoms with Crippen LogP contribution >= 0.6 is 11.6 Å². The molecule has 23 heavy (non-hydrogen) atoms. The molecule has 1 saturated heterocycles. The zero-order valence-electron chi connectivity index (χ0n) is 13.4. The van der Waals surface area contributed by atoms with E-state index in [0.717, 1.165) is 51.7 Å². The topological polar surface area (TPSA) is 52.6 Å². The quantitative estimate of drug-likeness (QED) is 0.889.